The largest absolute Gasteiger partial charge is 0.379 e. The van der Waals surface area contributed by atoms with Gasteiger partial charge in [0.2, 0.25) is 0 Å². The summed E-state index contributed by atoms with van der Waals surface area (Å²) in [7, 11) is 0. The van der Waals surface area contributed by atoms with Crippen LogP contribution in [-0.2, 0) is 4.74 Å². The van der Waals surface area contributed by atoms with Gasteiger partial charge in [-0.15, -0.1) is 0 Å². The van der Waals surface area contributed by atoms with E-state index in [1.165, 1.54) is 24.9 Å². The third-order valence-corrected chi connectivity index (χ3v) is 5.61. The van der Waals surface area contributed by atoms with Crippen LogP contribution in [-0.4, -0.2) is 62.8 Å². The summed E-state index contributed by atoms with van der Waals surface area (Å²) in [5, 5.41) is 3.14. The molecule has 0 radical (unpaired) electrons. The van der Waals surface area contributed by atoms with Gasteiger partial charge < -0.3 is 15.0 Å². The smallest absolute Gasteiger partial charge is 0.251 e. The fourth-order valence-electron chi connectivity index (χ4n) is 3.97. The summed E-state index contributed by atoms with van der Waals surface area (Å²) in [6.07, 6.45) is 3.86. The van der Waals surface area contributed by atoms with Crippen LogP contribution in [0.4, 0.5) is 5.69 Å². The van der Waals surface area contributed by atoms with Crippen molar-refractivity contribution in [3.05, 3.63) is 29.8 Å². The van der Waals surface area contributed by atoms with Gasteiger partial charge in [-0.25, -0.2) is 0 Å². The molecule has 0 spiro atoms. The number of nitrogens with one attached hydrogen (secondary N) is 1. The van der Waals surface area contributed by atoms with Crippen molar-refractivity contribution in [3.63, 3.8) is 0 Å². The first-order chi connectivity index (χ1) is 12.6. The van der Waals surface area contributed by atoms with E-state index >= 15 is 0 Å². The number of carbonyl (C=O) groups excluding carboxylic acids is 1. The lowest BCUT2D eigenvalue weighted by Gasteiger charge is -2.36. The van der Waals surface area contributed by atoms with Gasteiger partial charge >= 0.3 is 0 Å². The third kappa shape index (κ3) is 4.98. The Hall–Kier alpha value is -1.59. The Labute approximate surface area is 157 Å². The maximum absolute atomic E-state index is 12.6. The van der Waals surface area contributed by atoms with Gasteiger partial charge in [0.05, 0.1) is 13.2 Å². The van der Waals surface area contributed by atoms with Crippen molar-refractivity contribution in [1.29, 1.82) is 0 Å². The Morgan fingerprint density at radius 3 is 2.31 bits per heavy atom. The lowest BCUT2D eigenvalue weighted by molar-refractivity contribution is 0.00673. The van der Waals surface area contributed by atoms with E-state index in [4.69, 9.17) is 4.74 Å². The van der Waals surface area contributed by atoms with Crippen molar-refractivity contribution in [2.24, 2.45) is 5.92 Å². The standard InChI is InChI=1S/C21H33N3O2/c1-17(2)20(24-12-14-26-15-13-24)16-22-21(25)18-6-8-19(9-7-18)23-10-4-3-5-11-23/h6-9,17,20H,3-5,10-16H2,1-2H3,(H,22,25)/t20-/m0/s1. The molecule has 3 rings (SSSR count). The van der Waals surface area contributed by atoms with Crippen molar-refractivity contribution in [2.45, 2.75) is 39.2 Å². The highest BCUT2D eigenvalue weighted by Gasteiger charge is 2.24. The molecule has 2 fully saturated rings. The molecular weight excluding hydrogens is 326 g/mol. The lowest BCUT2D eigenvalue weighted by Crippen LogP contribution is -2.51. The van der Waals surface area contributed by atoms with E-state index in [1.54, 1.807) is 0 Å². The molecule has 1 aromatic carbocycles. The fraction of sp³-hybridized carbons (Fsp3) is 0.667. The zero-order chi connectivity index (χ0) is 18.4. The van der Waals surface area contributed by atoms with Crippen LogP contribution < -0.4 is 10.2 Å². The van der Waals surface area contributed by atoms with Crippen LogP contribution in [0, 0.1) is 5.92 Å². The van der Waals surface area contributed by atoms with E-state index in [1.807, 2.05) is 12.1 Å². The number of morpholine rings is 1. The molecule has 0 aliphatic carbocycles. The van der Waals surface area contributed by atoms with Gasteiger partial charge in [0, 0.05) is 50.0 Å². The number of amides is 1. The van der Waals surface area contributed by atoms with Crippen LogP contribution in [0.5, 0.6) is 0 Å². The van der Waals surface area contributed by atoms with Crippen molar-refractivity contribution >= 4 is 11.6 Å². The Bertz CT molecular complexity index is 561. The van der Waals surface area contributed by atoms with Crippen LogP contribution in [0.2, 0.25) is 0 Å². The maximum atomic E-state index is 12.6. The molecule has 0 bridgehead atoms. The van der Waals surface area contributed by atoms with E-state index in [0.717, 1.165) is 45.0 Å². The zero-order valence-electron chi connectivity index (χ0n) is 16.2. The summed E-state index contributed by atoms with van der Waals surface area (Å²) >= 11 is 0. The van der Waals surface area contributed by atoms with E-state index < -0.39 is 0 Å². The molecular formula is C21H33N3O2. The Morgan fingerprint density at radius 1 is 1.04 bits per heavy atom. The molecule has 0 unspecified atom stereocenters. The predicted octanol–water partition coefficient (Wildman–Crippen LogP) is 2.76. The number of ether oxygens (including phenoxy) is 1. The minimum absolute atomic E-state index is 0.0223. The summed E-state index contributed by atoms with van der Waals surface area (Å²) < 4.78 is 5.45. The summed E-state index contributed by atoms with van der Waals surface area (Å²) in [6.45, 7) is 10.9. The number of hydrogen-bond donors (Lipinski definition) is 1. The van der Waals surface area contributed by atoms with Crippen LogP contribution >= 0.6 is 0 Å². The molecule has 144 valence electrons. The topological polar surface area (TPSA) is 44.8 Å². The second kappa shape index (κ2) is 9.38. The van der Waals surface area contributed by atoms with Crippen LogP contribution in [0.1, 0.15) is 43.5 Å². The molecule has 1 amide bonds. The fourth-order valence-corrected chi connectivity index (χ4v) is 3.97. The molecule has 5 nitrogen and oxygen atoms in total. The van der Waals surface area contributed by atoms with E-state index in [9.17, 15) is 4.79 Å². The highest BCUT2D eigenvalue weighted by atomic mass is 16.5. The molecule has 0 aromatic heterocycles. The van der Waals surface area contributed by atoms with Gasteiger partial charge in [-0.05, 0) is 49.4 Å². The molecule has 0 saturated carbocycles. The van der Waals surface area contributed by atoms with E-state index in [2.05, 4.69) is 41.1 Å². The first kappa shape index (κ1) is 19.2. The van der Waals surface area contributed by atoms with Gasteiger partial charge in [-0.3, -0.25) is 9.69 Å². The Morgan fingerprint density at radius 2 is 1.69 bits per heavy atom. The number of nitrogens with zero attached hydrogens (tertiary/aromatic N) is 2. The number of piperidine rings is 1. The van der Waals surface area contributed by atoms with E-state index in [-0.39, 0.29) is 5.91 Å². The molecule has 2 aliphatic heterocycles. The molecule has 5 heteroatoms. The molecule has 1 N–H and O–H groups in total. The second-order valence-corrected chi connectivity index (χ2v) is 7.76. The van der Waals surface area contributed by atoms with Gasteiger partial charge in [-0.1, -0.05) is 13.8 Å². The lowest BCUT2D eigenvalue weighted by atomic mass is 10.0. The molecule has 1 atom stereocenters. The summed E-state index contributed by atoms with van der Waals surface area (Å²) in [6, 6.07) is 8.44. The number of benzene rings is 1. The quantitative estimate of drug-likeness (QED) is 0.848. The zero-order valence-corrected chi connectivity index (χ0v) is 16.2. The predicted molar refractivity (Wildman–Crippen MR) is 106 cm³/mol. The number of hydrogen-bond acceptors (Lipinski definition) is 4. The highest BCUT2D eigenvalue weighted by molar-refractivity contribution is 5.94. The number of anilines is 1. The van der Waals surface area contributed by atoms with Gasteiger partial charge in [0.15, 0.2) is 0 Å². The second-order valence-electron chi connectivity index (χ2n) is 7.76. The summed E-state index contributed by atoms with van der Waals surface area (Å²) in [5.41, 5.74) is 1.98. The summed E-state index contributed by atoms with van der Waals surface area (Å²) in [4.78, 5) is 17.4. The SMILES string of the molecule is CC(C)[C@H](CNC(=O)c1ccc(N2CCCCC2)cc1)N1CCOCC1. The van der Waals surface area contributed by atoms with Crippen LogP contribution in [0.25, 0.3) is 0 Å². The average Bonchev–Trinajstić information content (AvgIpc) is 2.69. The van der Waals surface area contributed by atoms with Gasteiger partial charge in [0.1, 0.15) is 0 Å². The van der Waals surface area contributed by atoms with Gasteiger partial charge in [-0.2, -0.15) is 0 Å². The normalized spacial score (nSPS) is 20.2. The van der Waals surface area contributed by atoms with Gasteiger partial charge in [0.25, 0.3) is 5.91 Å². The highest BCUT2D eigenvalue weighted by Crippen LogP contribution is 2.20. The number of rotatable bonds is 6. The minimum Gasteiger partial charge on any atom is -0.379 e. The van der Waals surface area contributed by atoms with Crippen LogP contribution in [0.3, 0.4) is 0 Å². The maximum Gasteiger partial charge on any atom is 0.251 e. The van der Waals surface area contributed by atoms with Crippen molar-refractivity contribution in [1.82, 2.24) is 10.2 Å². The first-order valence-corrected chi connectivity index (χ1v) is 10.1. The number of carbonyl (C=O) groups is 1. The summed E-state index contributed by atoms with van der Waals surface area (Å²) in [5.74, 6) is 0.518. The third-order valence-electron chi connectivity index (χ3n) is 5.61. The Balaban J connectivity index is 1.54. The average molecular weight is 360 g/mol. The van der Waals surface area contributed by atoms with Crippen molar-refractivity contribution in [2.75, 3.05) is 50.8 Å². The van der Waals surface area contributed by atoms with E-state index in [0.29, 0.717) is 18.5 Å². The van der Waals surface area contributed by atoms with Crippen molar-refractivity contribution < 1.29 is 9.53 Å². The van der Waals surface area contributed by atoms with Crippen LogP contribution in [0.15, 0.2) is 24.3 Å². The first-order valence-electron chi connectivity index (χ1n) is 10.1. The monoisotopic (exact) mass is 359 g/mol. The molecule has 2 saturated heterocycles. The minimum atomic E-state index is 0.0223. The molecule has 2 heterocycles. The molecule has 1 aromatic rings. The Kier molecular flexibility index (Phi) is 6.92. The molecule has 2 aliphatic rings. The molecule has 26 heavy (non-hydrogen) atoms. The van der Waals surface area contributed by atoms with Crippen molar-refractivity contribution in [3.8, 4) is 0 Å².